The number of nitrogens with two attached hydrogens (primary N) is 1. The molecule has 1 heterocycles. The fourth-order valence-corrected chi connectivity index (χ4v) is 2.21. The molecule has 1 amide bonds. The van der Waals surface area contributed by atoms with E-state index < -0.39 is 0 Å². The maximum atomic E-state index is 12.1. The molecule has 1 atom stereocenters. The molecule has 5 nitrogen and oxygen atoms in total. The van der Waals surface area contributed by atoms with Crippen LogP contribution in [-0.2, 0) is 4.79 Å². The summed E-state index contributed by atoms with van der Waals surface area (Å²) in [5.41, 5.74) is 5.72. The van der Waals surface area contributed by atoms with Crippen LogP contribution in [0, 0.1) is 0 Å². The molecule has 0 aliphatic carbocycles. The lowest BCUT2D eigenvalue weighted by Gasteiger charge is -2.28. The summed E-state index contributed by atoms with van der Waals surface area (Å²) in [6.45, 7) is 4.21. The molecule has 18 heavy (non-hydrogen) atoms. The quantitative estimate of drug-likeness (QED) is 0.666. The van der Waals surface area contributed by atoms with Crippen molar-refractivity contribution in [2.24, 2.45) is 5.73 Å². The van der Waals surface area contributed by atoms with E-state index in [-0.39, 0.29) is 11.9 Å². The molecule has 5 heteroatoms. The number of carbonyl (C=O) groups is 1. The zero-order valence-electron chi connectivity index (χ0n) is 11.8. The lowest BCUT2D eigenvalue weighted by Crippen LogP contribution is -2.45. The second-order valence-corrected chi connectivity index (χ2v) is 5.34. The van der Waals surface area contributed by atoms with Gasteiger partial charge in [-0.3, -0.25) is 4.79 Å². The highest BCUT2D eigenvalue weighted by Gasteiger charge is 2.19. The van der Waals surface area contributed by atoms with Crippen molar-refractivity contribution < 1.29 is 4.79 Å². The molecule has 1 saturated heterocycles. The molecule has 0 radical (unpaired) electrons. The van der Waals surface area contributed by atoms with Crippen molar-refractivity contribution in [1.82, 2.24) is 15.1 Å². The van der Waals surface area contributed by atoms with Crippen molar-refractivity contribution in [3.8, 4) is 0 Å². The molecule has 1 fully saturated rings. The minimum atomic E-state index is 0.111. The first-order valence-corrected chi connectivity index (χ1v) is 6.99. The number of rotatable bonds is 7. The number of nitrogens with one attached hydrogen (secondary N) is 1. The van der Waals surface area contributed by atoms with Crippen LogP contribution in [0.5, 0.6) is 0 Å². The van der Waals surface area contributed by atoms with Crippen molar-refractivity contribution in [2.45, 2.75) is 31.7 Å². The molecule has 0 aromatic carbocycles. The van der Waals surface area contributed by atoms with Gasteiger partial charge in [0.1, 0.15) is 0 Å². The molecule has 1 aliphatic rings. The molecule has 1 rings (SSSR count). The molecule has 0 aromatic heterocycles. The molecule has 0 saturated carbocycles. The predicted molar refractivity (Wildman–Crippen MR) is 74.4 cm³/mol. The number of amides is 1. The van der Waals surface area contributed by atoms with Gasteiger partial charge < -0.3 is 20.9 Å². The maximum absolute atomic E-state index is 12.1. The Bertz CT molecular complexity index is 239. The van der Waals surface area contributed by atoms with Gasteiger partial charge in [-0.1, -0.05) is 0 Å². The summed E-state index contributed by atoms with van der Waals surface area (Å²) in [5, 5.41) is 3.36. The molecule has 1 unspecified atom stereocenters. The van der Waals surface area contributed by atoms with Crippen LogP contribution in [0.1, 0.15) is 25.7 Å². The van der Waals surface area contributed by atoms with E-state index in [0.29, 0.717) is 13.0 Å². The van der Waals surface area contributed by atoms with Gasteiger partial charge in [0, 0.05) is 45.2 Å². The summed E-state index contributed by atoms with van der Waals surface area (Å²) in [6, 6.07) is 0.111. The number of hydrogen-bond acceptors (Lipinski definition) is 4. The Kier molecular flexibility index (Phi) is 7.23. The van der Waals surface area contributed by atoms with Gasteiger partial charge in [-0.25, -0.2) is 0 Å². The molecule has 0 aromatic rings. The topological polar surface area (TPSA) is 61.6 Å². The highest BCUT2D eigenvalue weighted by molar-refractivity contribution is 5.76. The van der Waals surface area contributed by atoms with Crippen LogP contribution in [-0.4, -0.2) is 68.6 Å². The first kappa shape index (κ1) is 15.4. The number of hydrogen-bond donors (Lipinski definition) is 2. The monoisotopic (exact) mass is 256 g/mol. The average molecular weight is 256 g/mol. The van der Waals surface area contributed by atoms with Crippen molar-refractivity contribution in [3.05, 3.63) is 0 Å². The molecule has 3 N–H and O–H groups in total. The Hall–Kier alpha value is -0.650. The van der Waals surface area contributed by atoms with Crippen molar-refractivity contribution in [3.63, 3.8) is 0 Å². The van der Waals surface area contributed by atoms with E-state index >= 15 is 0 Å². The predicted octanol–water partition coefficient (Wildman–Crippen LogP) is -0.132. The van der Waals surface area contributed by atoms with Crippen LogP contribution in [0.25, 0.3) is 0 Å². The van der Waals surface area contributed by atoms with Gasteiger partial charge in [-0.05, 0) is 33.4 Å². The third kappa shape index (κ3) is 5.80. The number of piperidine rings is 1. The van der Waals surface area contributed by atoms with Crippen molar-refractivity contribution >= 4 is 5.91 Å². The Labute approximate surface area is 111 Å². The standard InChI is InChI=1S/C13H28N4O/c1-16(2)9-6-15-12(11-14)10-13(18)17-7-4-3-5-8-17/h12,15H,3-11,14H2,1-2H3. The van der Waals surface area contributed by atoms with Crippen LogP contribution in [0.15, 0.2) is 0 Å². The van der Waals surface area contributed by atoms with Crippen LogP contribution in [0.2, 0.25) is 0 Å². The zero-order chi connectivity index (χ0) is 13.4. The number of carbonyl (C=O) groups excluding carboxylic acids is 1. The minimum Gasteiger partial charge on any atom is -0.343 e. The van der Waals surface area contributed by atoms with Gasteiger partial charge in [0.05, 0.1) is 0 Å². The van der Waals surface area contributed by atoms with E-state index in [1.807, 2.05) is 19.0 Å². The Balaban J connectivity index is 2.25. The Morgan fingerprint density at radius 3 is 2.56 bits per heavy atom. The SMILES string of the molecule is CN(C)CCNC(CN)CC(=O)N1CCCCC1. The molecule has 106 valence electrons. The van der Waals surface area contributed by atoms with Gasteiger partial charge in [0.25, 0.3) is 0 Å². The van der Waals surface area contributed by atoms with E-state index in [1.165, 1.54) is 6.42 Å². The van der Waals surface area contributed by atoms with E-state index in [4.69, 9.17) is 5.73 Å². The summed E-state index contributed by atoms with van der Waals surface area (Å²) in [4.78, 5) is 16.2. The van der Waals surface area contributed by atoms with E-state index in [2.05, 4.69) is 10.2 Å². The third-order valence-electron chi connectivity index (χ3n) is 3.41. The second kappa shape index (κ2) is 8.45. The van der Waals surface area contributed by atoms with Gasteiger partial charge in [0.2, 0.25) is 5.91 Å². The molecular weight excluding hydrogens is 228 g/mol. The van der Waals surface area contributed by atoms with Crippen LogP contribution < -0.4 is 11.1 Å². The molecule has 0 bridgehead atoms. The minimum absolute atomic E-state index is 0.111. The fraction of sp³-hybridized carbons (Fsp3) is 0.923. The van der Waals surface area contributed by atoms with Crippen LogP contribution >= 0.6 is 0 Å². The third-order valence-corrected chi connectivity index (χ3v) is 3.41. The number of likely N-dealkylation sites (N-methyl/N-ethyl adjacent to an activating group) is 1. The molecule has 0 spiro atoms. The van der Waals surface area contributed by atoms with E-state index in [0.717, 1.165) is 39.0 Å². The Morgan fingerprint density at radius 1 is 1.33 bits per heavy atom. The average Bonchev–Trinajstić information content (AvgIpc) is 2.38. The normalized spacial score (nSPS) is 18.1. The van der Waals surface area contributed by atoms with Gasteiger partial charge >= 0.3 is 0 Å². The van der Waals surface area contributed by atoms with E-state index in [1.54, 1.807) is 0 Å². The first-order valence-electron chi connectivity index (χ1n) is 6.99. The largest absolute Gasteiger partial charge is 0.343 e. The second-order valence-electron chi connectivity index (χ2n) is 5.34. The van der Waals surface area contributed by atoms with Crippen LogP contribution in [0.3, 0.4) is 0 Å². The molecular formula is C13H28N4O. The number of likely N-dealkylation sites (tertiary alicyclic amines) is 1. The van der Waals surface area contributed by atoms with Crippen molar-refractivity contribution in [1.29, 1.82) is 0 Å². The smallest absolute Gasteiger partial charge is 0.224 e. The fourth-order valence-electron chi connectivity index (χ4n) is 2.21. The van der Waals surface area contributed by atoms with E-state index in [9.17, 15) is 4.79 Å². The highest BCUT2D eigenvalue weighted by atomic mass is 16.2. The van der Waals surface area contributed by atoms with Gasteiger partial charge in [-0.2, -0.15) is 0 Å². The summed E-state index contributed by atoms with van der Waals surface area (Å²) < 4.78 is 0. The van der Waals surface area contributed by atoms with Gasteiger partial charge in [0.15, 0.2) is 0 Å². The number of nitrogens with zero attached hydrogens (tertiary/aromatic N) is 2. The molecule has 1 aliphatic heterocycles. The summed E-state index contributed by atoms with van der Waals surface area (Å²) in [7, 11) is 4.08. The lowest BCUT2D eigenvalue weighted by atomic mass is 10.1. The summed E-state index contributed by atoms with van der Waals surface area (Å²) in [6.07, 6.45) is 4.08. The zero-order valence-corrected chi connectivity index (χ0v) is 11.8. The summed E-state index contributed by atoms with van der Waals surface area (Å²) in [5.74, 6) is 0.252. The first-order chi connectivity index (χ1) is 8.63. The van der Waals surface area contributed by atoms with Crippen molar-refractivity contribution in [2.75, 3.05) is 46.8 Å². The maximum Gasteiger partial charge on any atom is 0.224 e. The lowest BCUT2D eigenvalue weighted by molar-refractivity contribution is -0.132. The summed E-state index contributed by atoms with van der Waals surface area (Å²) >= 11 is 0. The van der Waals surface area contributed by atoms with Crippen LogP contribution in [0.4, 0.5) is 0 Å². The van der Waals surface area contributed by atoms with Gasteiger partial charge in [-0.15, -0.1) is 0 Å². The Morgan fingerprint density at radius 2 is 2.00 bits per heavy atom. The highest BCUT2D eigenvalue weighted by Crippen LogP contribution is 2.10.